The maximum absolute atomic E-state index is 13.2. The van der Waals surface area contributed by atoms with Crippen molar-refractivity contribution < 1.29 is 4.79 Å². The van der Waals surface area contributed by atoms with Gasteiger partial charge >= 0.3 is 0 Å². The van der Waals surface area contributed by atoms with Crippen molar-refractivity contribution in [3.05, 3.63) is 71.8 Å². The van der Waals surface area contributed by atoms with Crippen molar-refractivity contribution in [2.24, 2.45) is 0 Å². The monoisotopic (exact) mass is 308 g/mol. The molecule has 3 nitrogen and oxygen atoms in total. The van der Waals surface area contributed by atoms with E-state index in [1.165, 1.54) is 0 Å². The second-order valence-corrected chi connectivity index (χ2v) is 6.14. The first-order valence-electron chi connectivity index (χ1n) is 8.35. The number of hydrogen-bond donors (Lipinski definition) is 1. The molecular weight excluding hydrogens is 284 g/mol. The first kappa shape index (κ1) is 15.8. The molecule has 3 heteroatoms. The summed E-state index contributed by atoms with van der Waals surface area (Å²) in [5.41, 5.74) is 2.14. The van der Waals surface area contributed by atoms with Crippen LogP contribution >= 0.6 is 0 Å². The smallest absolute Gasteiger partial charge is 0.234 e. The van der Waals surface area contributed by atoms with E-state index in [0.717, 1.165) is 37.1 Å². The highest BCUT2D eigenvalue weighted by Gasteiger charge is 2.29. The summed E-state index contributed by atoms with van der Waals surface area (Å²) in [5.74, 6) is 0.0143. The van der Waals surface area contributed by atoms with Crippen LogP contribution in [0.3, 0.4) is 0 Å². The lowest BCUT2D eigenvalue weighted by molar-refractivity contribution is -0.133. The lowest BCUT2D eigenvalue weighted by Gasteiger charge is -2.34. The van der Waals surface area contributed by atoms with Gasteiger partial charge in [0.1, 0.15) is 0 Å². The van der Waals surface area contributed by atoms with E-state index in [1.54, 1.807) is 0 Å². The van der Waals surface area contributed by atoms with Gasteiger partial charge in [-0.15, -0.1) is 0 Å². The predicted octanol–water partition coefficient (Wildman–Crippen LogP) is 3.03. The lowest BCUT2D eigenvalue weighted by atomic mass is 9.89. The Balaban J connectivity index is 1.86. The van der Waals surface area contributed by atoms with Crippen LogP contribution in [0.15, 0.2) is 60.7 Å². The Morgan fingerprint density at radius 2 is 1.43 bits per heavy atom. The van der Waals surface area contributed by atoms with Crippen LogP contribution in [0, 0.1) is 0 Å². The first-order chi connectivity index (χ1) is 11.3. The normalized spacial score (nSPS) is 15.8. The van der Waals surface area contributed by atoms with Crippen molar-refractivity contribution >= 4 is 5.91 Å². The number of likely N-dealkylation sites (tertiary alicyclic amines) is 1. The van der Waals surface area contributed by atoms with Crippen LogP contribution < -0.4 is 5.32 Å². The van der Waals surface area contributed by atoms with Gasteiger partial charge in [0.2, 0.25) is 5.91 Å². The summed E-state index contributed by atoms with van der Waals surface area (Å²) in [6, 6.07) is 20.8. The Morgan fingerprint density at radius 3 is 1.87 bits per heavy atom. The number of piperidine rings is 1. The molecule has 0 saturated carbocycles. The summed E-state index contributed by atoms with van der Waals surface area (Å²) in [6.45, 7) is 1.67. The molecule has 1 aliphatic rings. The van der Waals surface area contributed by atoms with Crippen LogP contribution in [0.2, 0.25) is 0 Å². The second-order valence-electron chi connectivity index (χ2n) is 6.14. The van der Waals surface area contributed by atoms with Crippen LogP contribution in [-0.4, -0.2) is 37.0 Å². The molecule has 2 aromatic rings. The molecule has 120 valence electrons. The minimum Gasteiger partial charge on any atom is -0.342 e. The van der Waals surface area contributed by atoms with Crippen molar-refractivity contribution in [1.29, 1.82) is 0 Å². The van der Waals surface area contributed by atoms with Gasteiger partial charge in [0.05, 0.1) is 5.92 Å². The van der Waals surface area contributed by atoms with Crippen LogP contribution in [0.1, 0.15) is 29.9 Å². The third kappa shape index (κ3) is 3.62. The molecule has 0 aromatic heterocycles. The fourth-order valence-corrected chi connectivity index (χ4v) is 3.34. The van der Waals surface area contributed by atoms with Crippen LogP contribution in [-0.2, 0) is 4.79 Å². The Hall–Kier alpha value is -2.13. The highest BCUT2D eigenvalue weighted by Crippen LogP contribution is 2.28. The molecular formula is C20H24N2O. The number of carbonyl (C=O) groups excluding carboxylic acids is 1. The highest BCUT2D eigenvalue weighted by atomic mass is 16.2. The Bertz CT molecular complexity index is 579. The zero-order chi connectivity index (χ0) is 16.1. The predicted molar refractivity (Wildman–Crippen MR) is 93.4 cm³/mol. The molecule has 0 radical (unpaired) electrons. The molecule has 1 fully saturated rings. The summed E-state index contributed by atoms with van der Waals surface area (Å²) in [5, 5.41) is 3.32. The molecule has 1 amide bonds. The summed E-state index contributed by atoms with van der Waals surface area (Å²) in [4.78, 5) is 15.2. The Kier molecular flexibility index (Phi) is 5.09. The topological polar surface area (TPSA) is 32.3 Å². The average Bonchev–Trinajstić information content (AvgIpc) is 2.64. The van der Waals surface area contributed by atoms with E-state index < -0.39 is 0 Å². The number of rotatable bonds is 4. The number of hydrogen-bond acceptors (Lipinski definition) is 2. The largest absolute Gasteiger partial charge is 0.342 e. The van der Waals surface area contributed by atoms with E-state index in [4.69, 9.17) is 0 Å². The van der Waals surface area contributed by atoms with Gasteiger partial charge in [-0.05, 0) is 31.0 Å². The maximum Gasteiger partial charge on any atom is 0.234 e. The van der Waals surface area contributed by atoms with Crippen molar-refractivity contribution in [2.75, 3.05) is 20.1 Å². The van der Waals surface area contributed by atoms with Crippen LogP contribution in [0.5, 0.6) is 0 Å². The molecule has 1 aliphatic heterocycles. The molecule has 3 rings (SSSR count). The number of nitrogens with one attached hydrogen (secondary N) is 1. The van der Waals surface area contributed by atoms with E-state index in [9.17, 15) is 4.79 Å². The lowest BCUT2D eigenvalue weighted by Crippen LogP contribution is -2.45. The summed E-state index contributed by atoms with van der Waals surface area (Å²) >= 11 is 0. The van der Waals surface area contributed by atoms with Gasteiger partial charge in [0.15, 0.2) is 0 Å². The Labute approximate surface area is 138 Å². The van der Waals surface area contributed by atoms with E-state index in [1.807, 2.05) is 48.3 Å². The molecule has 1 N–H and O–H groups in total. The number of amides is 1. The average molecular weight is 308 g/mol. The summed E-state index contributed by atoms with van der Waals surface area (Å²) < 4.78 is 0. The van der Waals surface area contributed by atoms with Crippen molar-refractivity contribution in [2.45, 2.75) is 24.8 Å². The van der Waals surface area contributed by atoms with Gasteiger partial charge in [-0.2, -0.15) is 0 Å². The molecule has 2 aromatic carbocycles. The third-order valence-corrected chi connectivity index (χ3v) is 4.73. The summed E-state index contributed by atoms with van der Waals surface area (Å²) in [7, 11) is 2.00. The van der Waals surface area contributed by atoms with Crippen molar-refractivity contribution in [3.8, 4) is 0 Å². The molecule has 1 saturated heterocycles. The van der Waals surface area contributed by atoms with Gasteiger partial charge in [0.25, 0.3) is 0 Å². The SMILES string of the molecule is CNC1CCN(C(=O)C(c2ccccc2)c2ccccc2)CC1. The first-order valence-corrected chi connectivity index (χ1v) is 8.35. The fourth-order valence-electron chi connectivity index (χ4n) is 3.34. The third-order valence-electron chi connectivity index (χ3n) is 4.73. The maximum atomic E-state index is 13.2. The van der Waals surface area contributed by atoms with Gasteiger partial charge in [-0.25, -0.2) is 0 Å². The number of nitrogens with zero attached hydrogens (tertiary/aromatic N) is 1. The molecule has 1 heterocycles. The zero-order valence-electron chi connectivity index (χ0n) is 13.6. The van der Waals surface area contributed by atoms with E-state index >= 15 is 0 Å². The quantitative estimate of drug-likeness (QED) is 0.941. The second kappa shape index (κ2) is 7.42. The summed E-state index contributed by atoms with van der Waals surface area (Å²) in [6.07, 6.45) is 2.05. The molecule has 23 heavy (non-hydrogen) atoms. The minimum absolute atomic E-state index is 0.205. The van der Waals surface area contributed by atoms with Crippen molar-refractivity contribution in [3.63, 3.8) is 0 Å². The standard InChI is InChI=1S/C20H24N2O/c1-21-18-12-14-22(15-13-18)20(23)19(16-8-4-2-5-9-16)17-10-6-3-7-11-17/h2-11,18-19,21H,12-15H2,1H3. The van der Waals surface area contributed by atoms with Crippen LogP contribution in [0.4, 0.5) is 0 Å². The zero-order valence-corrected chi connectivity index (χ0v) is 13.6. The van der Waals surface area contributed by atoms with E-state index in [0.29, 0.717) is 6.04 Å². The van der Waals surface area contributed by atoms with Gasteiger partial charge in [-0.3, -0.25) is 4.79 Å². The Morgan fingerprint density at radius 1 is 0.957 bits per heavy atom. The molecule has 0 aliphatic carbocycles. The molecule has 0 unspecified atom stereocenters. The van der Waals surface area contributed by atoms with Crippen molar-refractivity contribution in [1.82, 2.24) is 10.2 Å². The fraction of sp³-hybridized carbons (Fsp3) is 0.350. The van der Waals surface area contributed by atoms with E-state index in [2.05, 4.69) is 29.6 Å². The minimum atomic E-state index is -0.205. The van der Waals surface area contributed by atoms with Gasteiger partial charge in [-0.1, -0.05) is 60.7 Å². The number of benzene rings is 2. The van der Waals surface area contributed by atoms with Gasteiger partial charge in [0, 0.05) is 19.1 Å². The molecule has 0 bridgehead atoms. The highest BCUT2D eigenvalue weighted by molar-refractivity contribution is 5.87. The molecule has 0 spiro atoms. The molecule has 0 atom stereocenters. The number of carbonyl (C=O) groups is 1. The van der Waals surface area contributed by atoms with Crippen LogP contribution in [0.25, 0.3) is 0 Å². The van der Waals surface area contributed by atoms with E-state index in [-0.39, 0.29) is 11.8 Å². The van der Waals surface area contributed by atoms with Gasteiger partial charge < -0.3 is 10.2 Å².